The van der Waals surface area contributed by atoms with E-state index >= 15 is 0 Å². The van der Waals surface area contributed by atoms with Gasteiger partial charge in [0.25, 0.3) is 0 Å². The Balaban J connectivity index is 1.39. The molecule has 0 radical (unpaired) electrons. The van der Waals surface area contributed by atoms with E-state index in [-0.39, 0.29) is 12.0 Å². The van der Waals surface area contributed by atoms with Gasteiger partial charge in [0.2, 0.25) is 0 Å². The average Bonchev–Trinajstić information content (AvgIpc) is 3.34. The topological polar surface area (TPSA) is 42.0 Å². The Bertz CT molecular complexity index is 1090. The molecule has 2 aromatic rings. The largest absolute Gasteiger partial charge is 0.492 e. The molecule has 2 atom stereocenters. The van der Waals surface area contributed by atoms with Gasteiger partial charge in [-0.25, -0.2) is 0 Å². The lowest BCUT2D eigenvalue weighted by Crippen LogP contribution is -2.30. The van der Waals surface area contributed by atoms with Crippen LogP contribution in [0, 0.1) is 0 Å². The molecular weight excluding hydrogens is 457 g/mol. The maximum atomic E-state index is 14.0. The third-order valence-electron chi connectivity index (χ3n) is 7.49. The van der Waals surface area contributed by atoms with Gasteiger partial charge >= 0.3 is 6.18 Å². The van der Waals surface area contributed by atoms with Gasteiger partial charge in [-0.2, -0.15) is 13.2 Å². The van der Waals surface area contributed by atoms with Gasteiger partial charge in [-0.3, -0.25) is 4.90 Å². The highest BCUT2D eigenvalue weighted by molar-refractivity contribution is 5.55. The van der Waals surface area contributed by atoms with Crippen molar-refractivity contribution in [3.8, 4) is 11.5 Å². The lowest BCUT2D eigenvalue weighted by Gasteiger charge is -2.25. The van der Waals surface area contributed by atoms with Crippen molar-refractivity contribution in [1.29, 1.82) is 0 Å². The highest BCUT2D eigenvalue weighted by atomic mass is 19.4. The van der Waals surface area contributed by atoms with Gasteiger partial charge in [-0.15, -0.1) is 0 Å². The number of aldehydes is 1. The SMILES string of the molecule is CN1CCCN(Cc2c(C(F)(F)F)ccc3c2CCC3Oc2ccc3c(c2)OCC3CC=O)CC1. The summed E-state index contributed by atoms with van der Waals surface area (Å²) in [4.78, 5) is 15.3. The van der Waals surface area contributed by atoms with E-state index in [1.165, 1.54) is 6.07 Å². The standard InChI is InChI=1S/C27H31F3N2O3/c1-31-10-2-11-32(13-12-31)16-23-21-6-8-25(22(21)5-7-24(23)27(28,29)30)35-19-3-4-20-18(9-14-33)17-34-26(20)15-19/h3-5,7,14-15,18,25H,2,6,8-13,16-17H2,1H3. The molecule has 188 valence electrons. The molecule has 0 N–H and O–H groups in total. The van der Waals surface area contributed by atoms with Gasteiger partial charge in [-0.1, -0.05) is 12.1 Å². The van der Waals surface area contributed by atoms with Gasteiger partial charge in [0.05, 0.1) is 12.2 Å². The summed E-state index contributed by atoms with van der Waals surface area (Å²) in [7, 11) is 2.05. The smallest absolute Gasteiger partial charge is 0.416 e. The van der Waals surface area contributed by atoms with Crippen molar-refractivity contribution in [2.45, 2.75) is 50.4 Å². The first kappa shape index (κ1) is 24.1. The number of hydrogen-bond acceptors (Lipinski definition) is 5. The van der Waals surface area contributed by atoms with Gasteiger partial charge in [0, 0.05) is 43.6 Å². The number of hydrogen-bond donors (Lipinski definition) is 0. The van der Waals surface area contributed by atoms with E-state index in [1.54, 1.807) is 6.07 Å². The first-order valence-corrected chi connectivity index (χ1v) is 12.3. The van der Waals surface area contributed by atoms with Crippen LogP contribution in [0.25, 0.3) is 0 Å². The second kappa shape index (κ2) is 9.82. The van der Waals surface area contributed by atoms with Crippen molar-refractivity contribution in [3.05, 3.63) is 58.1 Å². The van der Waals surface area contributed by atoms with Gasteiger partial charge < -0.3 is 19.2 Å². The van der Waals surface area contributed by atoms with Crippen LogP contribution in [0.1, 0.15) is 59.1 Å². The second-order valence-corrected chi connectivity index (χ2v) is 9.85. The van der Waals surface area contributed by atoms with Crippen molar-refractivity contribution in [3.63, 3.8) is 0 Å². The van der Waals surface area contributed by atoms with E-state index in [1.807, 2.05) is 18.2 Å². The van der Waals surface area contributed by atoms with Crippen LogP contribution in [0.2, 0.25) is 0 Å². The van der Waals surface area contributed by atoms with Crippen molar-refractivity contribution in [2.24, 2.45) is 0 Å². The van der Waals surface area contributed by atoms with Crippen LogP contribution in [-0.2, 0) is 23.9 Å². The fourth-order valence-corrected chi connectivity index (χ4v) is 5.60. The highest BCUT2D eigenvalue weighted by Gasteiger charge is 2.38. The molecule has 35 heavy (non-hydrogen) atoms. The molecule has 1 saturated heterocycles. The monoisotopic (exact) mass is 488 g/mol. The predicted octanol–water partition coefficient (Wildman–Crippen LogP) is 4.97. The molecule has 5 nitrogen and oxygen atoms in total. The van der Waals surface area contributed by atoms with Crippen molar-refractivity contribution in [2.75, 3.05) is 39.8 Å². The second-order valence-electron chi connectivity index (χ2n) is 9.85. The minimum absolute atomic E-state index is 0.0610. The molecule has 8 heteroatoms. The average molecular weight is 489 g/mol. The Labute approximate surface area is 203 Å². The number of carbonyl (C=O) groups excluding carboxylic acids is 1. The maximum absolute atomic E-state index is 14.0. The molecule has 0 amide bonds. The van der Waals surface area contributed by atoms with Crippen LogP contribution >= 0.6 is 0 Å². The summed E-state index contributed by atoms with van der Waals surface area (Å²) >= 11 is 0. The fraction of sp³-hybridized carbons (Fsp3) is 0.519. The van der Waals surface area contributed by atoms with E-state index in [4.69, 9.17) is 9.47 Å². The number of benzene rings is 2. The van der Waals surface area contributed by atoms with E-state index in [2.05, 4.69) is 16.8 Å². The molecule has 2 unspecified atom stereocenters. The number of nitrogens with zero attached hydrogens (tertiary/aromatic N) is 2. The lowest BCUT2D eigenvalue weighted by molar-refractivity contribution is -0.138. The normalized spacial score (nSPS) is 22.9. The zero-order valence-electron chi connectivity index (χ0n) is 19.9. The maximum Gasteiger partial charge on any atom is 0.416 e. The molecule has 0 bridgehead atoms. The Kier molecular flexibility index (Phi) is 6.77. The van der Waals surface area contributed by atoms with Gasteiger partial charge in [0.1, 0.15) is 23.9 Å². The van der Waals surface area contributed by atoms with Crippen LogP contribution < -0.4 is 9.47 Å². The first-order valence-electron chi connectivity index (χ1n) is 12.3. The van der Waals surface area contributed by atoms with Crippen LogP contribution in [0.3, 0.4) is 0 Å². The summed E-state index contributed by atoms with van der Waals surface area (Å²) in [5.41, 5.74) is 2.50. The van der Waals surface area contributed by atoms with E-state index in [9.17, 15) is 18.0 Å². The summed E-state index contributed by atoms with van der Waals surface area (Å²) in [6, 6.07) is 8.45. The van der Waals surface area contributed by atoms with E-state index in [0.717, 1.165) is 55.6 Å². The minimum atomic E-state index is -4.39. The lowest BCUT2D eigenvalue weighted by atomic mass is 9.96. The molecule has 2 aromatic carbocycles. The van der Waals surface area contributed by atoms with Gasteiger partial charge in [0.15, 0.2) is 0 Å². The third-order valence-corrected chi connectivity index (χ3v) is 7.49. The number of alkyl halides is 3. The number of fused-ring (bicyclic) bond motifs is 2. The number of carbonyl (C=O) groups is 1. The number of halogens is 3. The molecule has 1 aliphatic carbocycles. The molecule has 0 aromatic heterocycles. The minimum Gasteiger partial charge on any atom is -0.492 e. The van der Waals surface area contributed by atoms with Gasteiger partial charge in [-0.05, 0) is 68.2 Å². The Morgan fingerprint density at radius 2 is 1.94 bits per heavy atom. The number of rotatable bonds is 6. The zero-order chi connectivity index (χ0) is 24.6. The summed E-state index contributed by atoms with van der Waals surface area (Å²) in [6.45, 7) is 4.16. The number of likely N-dealkylation sites (N-methyl/N-ethyl adjacent to an activating group) is 1. The Morgan fingerprint density at radius 3 is 2.74 bits per heavy atom. The van der Waals surface area contributed by atoms with Crippen molar-refractivity contribution >= 4 is 6.29 Å². The molecule has 5 rings (SSSR count). The number of ether oxygens (including phenoxy) is 2. The van der Waals surface area contributed by atoms with Crippen LogP contribution in [0.5, 0.6) is 11.5 Å². The third kappa shape index (κ3) is 5.05. The van der Waals surface area contributed by atoms with Crippen molar-refractivity contribution < 1.29 is 27.4 Å². The Morgan fingerprint density at radius 1 is 1.11 bits per heavy atom. The summed E-state index contributed by atoms with van der Waals surface area (Å²) < 4.78 is 53.9. The van der Waals surface area contributed by atoms with Crippen molar-refractivity contribution in [1.82, 2.24) is 9.80 Å². The van der Waals surface area contributed by atoms with Crippen LogP contribution in [0.4, 0.5) is 13.2 Å². The van der Waals surface area contributed by atoms with Crippen LogP contribution in [0.15, 0.2) is 30.3 Å². The highest BCUT2D eigenvalue weighted by Crippen LogP contribution is 2.44. The molecule has 2 heterocycles. The molecule has 3 aliphatic rings. The van der Waals surface area contributed by atoms with Crippen LogP contribution in [-0.4, -0.2) is 55.9 Å². The summed E-state index contributed by atoms with van der Waals surface area (Å²) in [6.07, 6.45) is -1.21. The van der Waals surface area contributed by atoms with E-state index < -0.39 is 11.7 Å². The van der Waals surface area contributed by atoms with E-state index in [0.29, 0.717) is 49.5 Å². The zero-order valence-corrected chi connectivity index (χ0v) is 19.9. The summed E-state index contributed by atoms with van der Waals surface area (Å²) in [5.74, 6) is 1.41. The Hall–Kier alpha value is -2.58. The predicted molar refractivity (Wildman–Crippen MR) is 126 cm³/mol. The molecule has 2 aliphatic heterocycles. The molecule has 0 spiro atoms. The summed E-state index contributed by atoms with van der Waals surface area (Å²) in [5, 5.41) is 0. The molecule has 0 saturated carbocycles. The first-order chi connectivity index (χ1) is 16.8. The molecular formula is C27H31F3N2O3. The molecule has 1 fully saturated rings. The fourth-order valence-electron chi connectivity index (χ4n) is 5.60. The quantitative estimate of drug-likeness (QED) is 0.537.